The van der Waals surface area contributed by atoms with Gasteiger partial charge in [-0.3, -0.25) is 0 Å². The average Bonchev–Trinajstić information content (AvgIpc) is 2.45. The fraction of sp³-hybridized carbons (Fsp3) is 0.684. The van der Waals surface area contributed by atoms with Gasteiger partial charge in [-0.25, -0.2) is 0 Å². The van der Waals surface area contributed by atoms with E-state index in [0.717, 1.165) is 19.0 Å². The monoisotopic (exact) mass is 288 g/mol. The number of rotatable bonds is 7. The molecule has 0 aromatic heterocycles. The lowest BCUT2D eigenvalue weighted by molar-refractivity contribution is 0.461. The molecule has 2 heteroatoms. The Morgan fingerprint density at radius 3 is 2.76 bits per heavy atom. The Hall–Kier alpha value is -1.02. The van der Waals surface area contributed by atoms with Crippen molar-refractivity contribution in [3.63, 3.8) is 0 Å². The van der Waals surface area contributed by atoms with Gasteiger partial charge in [-0.2, -0.15) is 0 Å². The molecule has 1 aliphatic rings. The van der Waals surface area contributed by atoms with Crippen molar-refractivity contribution in [2.75, 3.05) is 24.5 Å². The van der Waals surface area contributed by atoms with Crippen LogP contribution >= 0.6 is 0 Å². The van der Waals surface area contributed by atoms with Gasteiger partial charge in [0.05, 0.1) is 0 Å². The van der Waals surface area contributed by atoms with Crippen LogP contribution in [0.4, 0.5) is 5.69 Å². The number of anilines is 1. The molecular weight excluding hydrogens is 256 g/mol. The number of hydrogen-bond donors (Lipinski definition) is 1. The molecule has 0 saturated heterocycles. The number of benzene rings is 1. The van der Waals surface area contributed by atoms with Crippen LogP contribution in [0.3, 0.4) is 0 Å². The van der Waals surface area contributed by atoms with Gasteiger partial charge in [0.2, 0.25) is 0 Å². The van der Waals surface area contributed by atoms with Gasteiger partial charge >= 0.3 is 0 Å². The lowest BCUT2D eigenvalue weighted by Gasteiger charge is -2.38. The Morgan fingerprint density at radius 1 is 1.24 bits per heavy atom. The summed E-state index contributed by atoms with van der Waals surface area (Å²) in [5.74, 6) is 0.726. The molecule has 1 aliphatic heterocycles. The maximum atomic E-state index is 3.67. The normalized spacial score (nSPS) is 16.1. The second kappa shape index (κ2) is 7.84. The van der Waals surface area contributed by atoms with Gasteiger partial charge in [-0.1, -0.05) is 44.9 Å². The highest BCUT2D eigenvalue weighted by molar-refractivity contribution is 5.57. The van der Waals surface area contributed by atoms with Gasteiger partial charge in [-0.05, 0) is 50.3 Å². The van der Waals surface area contributed by atoms with Crippen LogP contribution in [0.1, 0.15) is 51.2 Å². The molecule has 21 heavy (non-hydrogen) atoms. The first-order valence-electron chi connectivity index (χ1n) is 8.68. The Bertz CT molecular complexity index is 439. The van der Waals surface area contributed by atoms with Crippen LogP contribution in [0.25, 0.3) is 0 Å². The van der Waals surface area contributed by atoms with Crippen molar-refractivity contribution < 1.29 is 0 Å². The highest BCUT2D eigenvalue weighted by atomic mass is 15.2. The van der Waals surface area contributed by atoms with Crippen molar-refractivity contribution in [1.29, 1.82) is 0 Å². The molecule has 1 unspecified atom stereocenters. The first-order chi connectivity index (χ1) is 10.1. The molecule has 0 fully saturated rings. The van der Waals surface area contributed by atoms with Crippen LogP contribution in [0, 0.1) is 12.8 Å². The predicted molar refractivity (Wildman–Crippen MR) is 93.2 cm³/mol. The molecule has 1 aromatic carbocycles. The third kappa shape index (κ3) is 4.47. The largest absolute Gasteiger partial charge is 0.367 e. The summed E-state index contributed by atoms with van der Waals surface area (Å²) in [6, 6.07) is 7.62. The molecule has 0 radical (unpaired) electrons. The smallest absolute Gasteiger partial charge is 0.0414 e. The van der Waals surface area contributed by atoms with Crippen LogP contribution in [0.15, 0.2) is 18.2 Å². The Labute approximate surface area is 130 Å². The van der Waals surface area contributed by atoms with Crippen molar-refractivity contribution in [2.24, 2.45) is 5.92 Å². The van der Waals surface area contributed by atoms with E-state index in [1.807, 2.05) is 0 Å². The third-order valence-corrected chi connectivity index (χ3v) is 4.38. The van der Waals surface area contributed by atoms with E-state index in [-0.39, 0.29) is 0 Å². The lowest BCUT2D eigenvalue weighted by Crippen LogP contribution is -2.45. The van der Waals surface area contributed by atoms with E-state index < -0.39 is 0 Å². The zero-order chi connectivity index (χ0) is 15.2. The first kappa shape index (κ1) is 16.4. The Morgan fingerprint density at radius 2 is 2.05 bits per heavy atom. The van der Waals surface area contributed by atoms with E-state index in [4.69, 9.17) is 0 Å². The molecule has 2 nitrogen and oxygen atoms in total. The fourth-order valence-electron chi connectivity index (χ4n) is 3.37. The van der Waals surface area contributed by atoms with Crippen LogP contribution in [0.5, 0.6) is 0 Å². The summed E-state index contributed by atoms with van der Waals surface area (Å²) in [6.07, 6.45) is 5.07. The van der Waals surface area contributed by atoms with E-state index in [1.54, 1.807) is 5.56 Å². The van der Waals surface area contributed by atoms with E-state index in [0.29, 0.717) is 6.04 Å². The summed E-state index contributed by atoms with van der Waals surface area (Å²) in [5.41, 5.74) is 4.42. The van der Waals surface area contributed by atoms with Gasteiger partial charge in [0.25, 0.3) is 0 Å². The Balaban J connectivity index is 2.10. The van der Waals surface area contributed by atoms with Crippen molar-refractivity contribution in [3.05, 3.63) is 29.3 Å². The van der Waals surface area contributed by atoms with Crippen molar-refractivity contribution in [3.8, 4) is 0 Å². The van der Waals surface area contributed by atoms with E-state index in [2.05, 4.69) is 56.1 Å². The highest BCUT2D eigenvalue weighted by Crippen LogP contribution is 2.30. The predicted octanol–water partition coefficient (Wildman–Crippen LogP) is 4.16. The zero-order valence-corrected chi connectivity index (χ0v) is 14.3. The average molecular weight is 288 g/mol. The summed E-state index contributed by atoms with van der Waals surface area (Å²) in [4.78, 5) is 2.66. The van der Waals surface area contributed by atoms with Gasteiger partial charge in [-0.15, -0.1) is 0 Å². The molecule has 118 valence electrons. The molecule has 0 spiro atoms. The first-order valence-corrected chi connectivity index (χ1v) is 8.68. The second-order valence-electron chi connectivity index (χ2n) is 6.92. The SMILES string of the molecule is CCCC(CNCC(C)C)N1CCCc2cc(C)ccc21. The molecule has 0 bridgehead atoms. The van der Waals surface area contributed by atoms with Crippen molar-refractivity contribution in [1.82, 2.24) is 5.32 Å². The molecule has 1 aromatic rings. The number of aryl methyl sites for hydroxylation is 2. The highest BCUT2D eigenvalue weighted by Gasteiger charge is 2.23. The minimum absolute atomic E-state index is 0.635. The van der Waals surface area contributed by atoms with E-state index >= 15 is 0 Å². The summed E-state index contributed by atoms with van der Waals surface area (Å²) < 4.78 is 0. The van der Waals surface area contributed by atoms with Crippen LogP contribution < -0.4 is 10.2 Å². The summed E-state index contributed by atoms with van der Waals surface area (Å²) in [7, 11) is 0. The maximum absolute atomic E-state index is 3.67. The number of nitrogens with one attached hydrogen (secondary N) is 1. The number of hydrogen-bond acceptors (Lipinski definition) is 2. The summed E-state index contributed by atoms with van der Waals surface area (Å²) in [6.45, 7) is 12.5. The minimum atomic E-state index is 0.635. The zero-order valence-electron chi connectivity index (χ0n) is 14.3. The molecule has 1 atom stereocenters. The molecule has 0 amide bonds. The summed E-state index contributed by atoms with van der Waals surface area (Å²) in [5, 5.41) is 3.67. The number of nitrogens with zero attached hydrogens (tertiary/aromatic N) is 1. The van der Waals surface area contributed by atoms with Gasteiger partial charge in [0, 0.05) is 24.8 Å². The molecular formula is C19H32N2. The van der Waals surface area contributed by atoms with E-state index in [1.165, 1.54) is 43.5 Å². The van der Waals surface area contributed by atoms with Gasteiger partial charge in [0.15, 0.2) is 0 Å². The standard InChI is InChI=1S/C19H32N2/c1-5-7-18(14-20-13-15(2)3)21-11-6-8-17-12-16(4)9-10-19(17)21/h9-10,12,15,18,20H,5-8,11,13-14H2,1-4H3. The lowest BCUT2D eigenvalue weighted by atomic mass is 9.97. The minimum Gasteiger partial charge on any atom is -0.367 e. The molecule has 1 heterocycles. The number of fused-ring (bicyclic) bond motifs is 1. The quantitative estimate of drug-likeness (QED) is 0.810. The maximum Gasteiger partial charge on any atom is 0.0414 e. The van der Waals surface area contributed by atoms with Crippen LogP contribution in [-0.4, -0.2) is 25.7 Å². The fourth-order valence-corrected chi connectivity index (χ4v) is 3.37. The topological polar surface area (TPSA) is 15.3 Å². The second-order valence-corrected chi connectivity index (χ2v) is 6.92. The van der Waals surface area contributed by atoms with Gasteiger partial charge < -0.3 is 10.2 Å². The molecule has 0 aliphatic carbocycles. The van der Waals surface area contributed by atoms with Crippen LogP contribution in [0.2, 0.25) is 0 Å². The van der Waals surface area contributed by atoms with Crippen molar-refractivity contribution in [2.45, 2.75) is 59.4 Å². The Kier molecular flexibility index (Phi) is 6.10. The van der Waals surface area contributed by atoms with E-state index in [9.17, 15) is 0 Å². The van der Waals surface area contributed by atoms with Gasteiger partial charge in [0.1, 0.15) is 0 Å². The molecule has 0 saturated carbocycles. The van der Waals surface area contributed by atoms with Crippen LogP contribution in [-0.2, 0) is 6.42 Å². The molecule has 2 rings (SSSR count). The van der Waals surface area contributed by atoms with Crippen molar-refractivity contribution >= 4 is 5.69 Å². The third-order valence-electron chi connectivity index (χ3n) is 4.38. The summed E-state index contributed by atoms with van der Waals surface area (Å²) >= 11 is 0. The molecule has 1 N–H and O–H groups in total.